The summed E-state index contributed by atoms with van der Waals surface area (Å²) >= 11 is 0. The molecule has 164 valence electrons. The summed E-state index contributed by atoms with van der Waals surface area (Å²) in [5, 5.41) is 3.25. The molecule has 2 N–H and O–H groups in total. The number of hydrogen-bond acceptors (Lipinski definition) is 3. The van der Waals surface area contributed by atoms with Crippen LogP contribution in [0.5, 0.6) is 11.5 Å². The molecule has 0 unspecified atom stereocenters. The third-order valence-corrected chi connectivity index (χ3v) is 4.86. The summed E-state index contributed by atoms with van der Waals surface area (Å²) < 4.78 is 50.0. The standard InChI is InChI=1S/C24H19F3N2O3/c1-31-22-10-8-17(24(25,26)27)12-20(22)29-23(30)21-11-16-7-9-18(13-19(16)28-21)32-14-15-5-3-2-4-6-15/h2-13,28H,14H2,1H3,(H,29,30). The average molecular weight is 440 g/mol. The molecule has 0 radical (unpaired) electrons. The van der Waals surface area contributed by atoms with Gasteiger partial charge in [-0.25, -0.2) is 0 Å². The number of aromatic amines is 1. The van der Waals surface area contributed by atoms with Crippen molar-refractivity contribution in [3.8, 4) is 11.5 Å². The van der Waals surface area contributed by atoms with Crippen molar-refractivity contribution in [3.63, 3.8) is 0 Å². The van der Waals surface area contributed by atoms with Crippen LogP contribution in [0, 0.1) is 0 Å². The lowest BCUT2D eigenvalue weighted by Crippen LogP contribution is -2.14. The topological polar surface area (TPSA) is 63.4 Å². The van der Waals surface area contributed by atoms with Gasteiger partial charge in [0.1, 0.15) is 23.8 Å². The van der Waals surface area contributed by atoms with Crippen LogP contribution in [0.1, 0.15) is 21.6 Å². The van der Waals surface area contributed by atoms with E-state index in [-0.39, 0.29) is 17.1 Å². The van der Waals surface area contributed by atoms with Gasteiger partial charge in [-0.15, -0.1) is 0 Å². The van der Waals surface area contributed by atoms with Crippen LogP contribution >= 0.6 is 0 Å². The first-order chi connectivity index (χ1) is 15.3. The Morgan fingerprint density at radius 2 is 1.78 bits per heavy atom. The zero-order valence-corrected chi connectivity index (χ0v) is 17.0. The number of H-pyrrole nitrogens is 1. The van der Waals surface area contributed by atoms with E-state index in [1.165, 1.54) is 13.2 Å². The summed E-state index contributed by atoms with van der Waals surface area (Å²) in [4.78, 5) is 15.7. The zero-order chi connectivity index (χ0) is 22.7. The van der Waals surface area contributed by atoms with Crippen LogP contribution in [-0.2, 0) is 12.8 Å². The molecule has 0 saturated heterocycles. The number of alkyl halides is 3. The van der Waals surface area contributed by atoms with Crippen molar-refractivity contribution in [2.45, 2.75) is 12.8 Å². The Hall–Kier alpha value is -3.94. The molecule has 0 aliphatic carbocycles. The molecule has 0 atom stereocenters. The lowest BCUT2D eigenvalue weighted by atomic mass is 10.1. The van der Waals surface area contributed by atoms with E-state index in [0.717, 1.165) is 23.1 Å². The number of amides is 1. The van der Waals surface area contributed by atoms with Gasteiger partial charge < -0.3 is 19.8 Å². The minimum atomic E-state index is -4.54. The first-order valence-corrected chi connectivity index (χ1v) is 9.69. The van der Waals surface area contributed by atoms with Crippen molar-refractivity contribution in [1.29, 1.82) is 0 Å². The molecule has 4 aromatic rings. The van der Waals surface area contributed by atoms with Crippen LogP contribution in [0.25, 0.3) is 10.9 Å². The average Bonchev–Trinajstić information content (AvgIpc) is 3.21. The summed E-state index contributed by atoms with van der Waals surface area (Å²) in [7, 11) is 1.32. The van der Waals surface area contributed by atoms with Gasteiger partial charge >= 0.3 is 6.18 Å². The molecule has 5 nitrogen and oxygen atoms in total. The van der Waals surface area contributed by atoms with Gasteiger partial charge in [0, 0.05) is 17.0 Å². The highest BCUT2D eigenvalue weighted by Gasteiger charge is 2.31. The van der Waals surface area contributed by atoms with E-state index >= 15 is 0 Å². The molecule has 1 aromatic heterocycles. The highest BCUT2D eigenvalue weighted by atomic mass is 19.4. The fourth-order valence-electron chi connectivity index (χ4n) is 3.23. The van der Waals surface area contributed by atoms with Crippen LogP contribution in [0.4, 0.5) is 18.9 Å². The lowest BCUT2D eigenvalue weighted by molar-refractivity contribution is -0.137. The molecule has 4 rings (SSSR count). The zero-order valence-electron chi connectivity index (χ0n) is 17.0. The normalized spacial score (nSPS) is 11.4. The van der Waals surface area contributed by atoms with E-state index in [2.05, 4.69) is 10.3 Å². The van der Waals surface area contributed by atoms with Crippen molar-refractivity contribution in [2.75, 3.05) is 12.4 Å². The van der Waals surface area contributed by atoms with E-state index in [1.54, 1.807) is 24.3 Å². The molecular weight excluding hydrogens is 421 g/mol. The van der Waals surface area contributed by atoms with Crippen LogP contribution in [-0.4, -0.2) is 18.0 Å². The van der Waals surface area contributed by atoms with Crippen molar-refractivity contribution in [3.05, 3.63) is 89.6 Å². The fraction of sp³-hybridized carbons (Fsp3) is 0.125. The van der Waals surface area contributed by atoms with Crippen LogP contribution in [0.3, 0.4) is 0 Å². The van der Waals surface area contributed by atoms with Gasteiger partial charge in [0.25, 0.3) is 5.91 Å². The van der Waals surface area contributed by atoms with Gasteiger partial charge in [-0.1, -0.05) is 30.3 Å². The van der Waals surface area contributed by atoms with Crippen LogP contribution in [0.2, 0.25) is 0 Å². The van der Waals surface area contributed by atoms with Gasteiger partial charge in [0.05, 0.1) is 18.4 Å². The smallest absolute Gasteiger partial charge is 0.416 e. The highest BCUT2D eigenvalue weighted by Crippen LogP contribution is 2.35. The second-order valence-electron chi connectivity index (χ2n) is 7.07. The van der Waals surface area contributed by atoms with Crippen molar-refractivity contribution in [2.24, 2.45) is 0 Å². The number of halogens is 3. The number of carbonyl (C=O) groups is 1. The van der Waals surface area contributed by atoms with Crippen molar-refractivity contribution in [1.82, 2.24) is 4.98 Å². The molecule has 0 aliphatic heterocycles. The molecule has 0 spiro atoms. The number of nitrogens with one attached hydrogen (secondary N) is 2. The molecule has 32 heavy (non-hydrogen) atoms. The van der Waals surface area contributed by atoms with Crippen LogP contribution in [0.15, 0.2) is 72.8 Å². The molecule has 0 aliphatic rings. The highest BCUT2D eigenvalue weighted by molar-refractivity contribution is 6.06. The predicted octanol–water partition coefficient (Wildman–Crippen LogP) is 6.03. The number of hydrogen-bond donors (Lipinski definition) is 2. The summed E-state index contributed by atoms with van der Waals surface area (Å²) in [6.07, 6.45) is -4.54. The molecule has 8 heteroatoms. The SMILES string of the molecule is COc1ccc(C(F)(F)F)cc1NC(=O)c1cc2ccc(OCc3ccccc3)cc2[nH]1. The Balaban J connectivity index is 1.53. The maximum atomic E-state index is 13.0. The lowest BCUT2D eigenvalue weighted by Gasteiger charge is -2.13. The fourth-order valence-corrected chi connectivity index (χ4v) is 3.23. The van der Waals surface area contributed by atoms with Gasteiger partial charge in [0.2, 0.25) is 0 Å². The first kappa shape index (κ1) is 21.3. The first-order valence-electron chi connectivity index (χ1n) is 9.69. The third kappa shape index (κ3) is 4.69. The van der Waals surface area contributed by atoms with E-state index in [9.17, 15) is 18.0 Å². The van der Waals surface area contributed by atoms with E-state index in [4.69, 9.17) is 9.47 Å². The summed E-state index contributed by atoms with van der Waals surface area (Å²) in [5.74, 6) is 0.152. The Kier molecular flexibility index (Phi) is 5.77. The molecule has 0 bridgehead atoms. The second kappa shape index (κ2) is 8.66. The van der Waals surface area contributed by atoms with Crippen LogP contribution < -0.4 is 14.8 Å². The van der Waals surface area contributed by atoms with Gasteiger partial charge in [-0.2, -0.15) is 13.2 Å². The largest absolute Gasteiger partial charge is 0.495 e. The number of aromatic nitrogens is 1. The van der Waals surface area contributed by atoms with E-state index in [1.807, 2.05) is 30.3 Å². The second-order valence-corrected chi connectivity index (χ2v) is 7.07. The summed E-state index contributed by atoms with van der Waals surface area (Å²) in [6.45, 7) is 0.399. The number of rotatable bonds is 6. The van der Waals surface area contributed by atoms with Gasteiger partial charge in [0.15, 0.2) is 0 Å². The summed E-state index contributed by atoms with van der Waals surface area (Å²) in [6, 6.07) is 19.6. The van der Waals surface area contributed by atoms with Crippen molar-refractivity contribution < 1.29 is 27.4 Å². The molecule has 1 heterocycles. The number of ether oxygens (including phenoxy) is 2. The molecule has 1 amide bonds. The van der Waals surface area contributed by atoms with E-state index < -0.39 is 17.6 Å². The molecule has 0 saturated carbocycles. The van der Waals surface area contributed by atoms with Gasteiger partial charge in [-0.3, -0.25) is 4.79 Å². The maximum Gasteiger partial charge on any atom is 0.416 e. The minimum Gasteiger partial charge on any atom is -0.495 e. The molecule has 0 fully saturated rings. The van der Waals surface area contributed by atoms with E-state index in [0.29, 0.717) is 17.9 Å². The predicted molar refractivity (Wildman–Crippen MR) is 115 cm³/mol. The Bertz CT molecular complexity index is 1250. The Labute approximate surface area is 181 Å². The summed E-state index contributed by atoms with van der Waals surface area (Å²) in [5.41, 5.74) is 0.925. The third-order valence-electron chi connectivity index (χ3n) is 4.86. The number of anilines is 1. The maximum absolute atomic E-state index is 13.0. The Morgan fingerprint density at radius 1 is 1.00 bits per heavy atom. The molecule has 3 aromatic carbocycles. The minimum absolute atomic E-state index is 0.0714. The molecular formula is C24H19F3N2O3. The van der Waals surface area contributed by atoms with Crippen molar-refractivity contribution >= 4 is 22.5 Å². The number of fused-ring (bicyclic) bond motifs is 1. The quantitative estimate of drug-likeness (QED) is 0.385. The number of benzene rings is 3. The Morgan fingerprint density at radius 3 is 2.50 bits per heavy atom. The number of methoxy groups -OCH3 is 1. The number of carbonyl (C=O) groups excluding carboxylic acids is 1. The monoisotopic (exact) mass is 440 g/mol. The van der Waals surface area contributed by atoms with Gasteiger partial charge in [-0.05, 0) is 42.0 Å².